The Morgan fingerprint density at radius 2 is 1.58 bits per heavy atom. The molecular formula is C20H26N6. The highest BCUT2D eigenvalue weighted by Gasteiger charge is 2.42. The number of hydrogen-bond donors (Lipinski definition) is 2. The van der Waals surface area contributed by atoms with Crippen LogP contribution in [0.25, 0.3) is 5.69 Å². The van der Waals surface area contributed by atoms with Gasteiger partial charge < -0.3 is 16.0 Å². The van der Waals surface area contributed by atoms with E-state index in [0.717, 1.165) is 37.1 Å². The summed E-state index contributed by atoms with van der Waals surface area (Å²) in [5, 5.41) is 0. The van der Waals surface area contributed by atoms with E-state index in [4.69, 9.17) is 16.5 Å². The van der Waals surface area contributed by atoms with E-state index in [-0.39, 0.29) is 5.96 Å². The molecule has 136 valence electrons. The van der Waals surface area contributed by atoms with Crippen molar-refractivity contribution in [3.05, 3.63) is 47.8 Å². The van der Waals surface area contributed by atoms with Crippen molar-refractivity contribution in [2.24, 2.45) is 21.5 Å². The molecular weight excluding hydrogens is 324 g/mol. The monoisotopic (exact) mass is 350 g/mol. The second-order valence-electron chi connectivity index (χ2n) is 7.29. The highest BCUT2D eigenvalue weighted by atomic mass is 15.4. The van der Waals surface area contributed by atoms with Crippen LogP contribution in [-0.4, -0.2) is 22.1 Å². The fourth-order valence-corrected chi connectivity index (χ4v) is 4.34. The molecule has 4 rings (SSSR count). The van der Waals surface area contributed by atoms with Gasteiger partial charge in [-0.15, -0.1) is 0 Å². The number of benzene rings is 1. The van der Waals surface area contributed by atoms with Crippen LogP contribution in [0.3, 0.4) is 0 Å². The summed E-state index contributed by atoms with van der Waals surface area (Å²) in [4.78, 5) is 11.1. The van der Waals surface area contributed by atoms with Gasteiger partial charge in [-0.05, 0) is 69.9 Å². The Hall–Kier alpha value is -2.76. The van der Waals surface area contributed by atoms with Crippen molar-refractivity contribution in [3.8, 4) is 5.69 Å². The van der Waals surface area contributed by atoms with Crippen LogP contribution in [0.4, 0.5) is 5.69 Å². The van der Waals surface area contributed by atoms with E-state index in [0.29, 0.717) is 5.96 Å². The van der Waals surface area contributed by atoms with Crippen LogP contribution < -0.4 is 16.4 Å². The van der Waals surface area contributed by atoms with Crippen molar-refractivity contribution in [1.82, 2.24) is 4.57 Å². The van der Waals surface area contributed by atoms with Crippen molar-refractivity contribution in [3.63, 3.8) is 0 Å². The van der Waals surface area contributed by atoms with Crippen LogP contribution in [0, 0.1) is 13.8 Å². The number of guanidine groups is 2. The smallest absolute Gasteiger partial charge is 0.220 e. The van der Waals surface area contributed by atoms with Gasteiger partial charge in [0.15, 0.2) is 0 Å². The summed E-state index contributed by atoms with van der Waals surface area (Å²) in [7, 11) is 0. The molecule has 1 saturated carbocycles. The molecule has 1 spiro atoms. The highest BCUT2D eigenvalue weighted by molar-refractivity contribution is 6.05. The van der Waals surface area contributed by atoms with E-state index < -0.39 is 5.66 Å². The number of aromatic nitrogens is 1. The normalized spacial score (nSPS) is 19.4. The van der Waals surface area contributed by atoms with Gasteiger partial charge in [-0.3, -0.25) is 4.90 Å². The Labute approximate surface area is 154 Å². The third kappa shape index (κ3) is 2.66. The lowest BCUT2D eigenvalue weighted by atomic mass is 9.87. The lowest BCUT2D eigenvalue weighted by Crippen LogP contribution is -2.58. The highest BCUT2D eigenvalue weighted by Crippen LogP contribution is 2.39. The summed E-state index contributed by atoms with van der Waals surface area (Å²) in [6.07, 6.45) is 5.35. The van der Waals surface area contributed by atoms with E-state index in [1.54, 1.807) is 0 Å². The number of anilines is 1. The molecule has 0 bridgehead atoms. The Kier molecular flexibility index (Phi) is 3.98. The number of rotatable bonds is 2. The third-order valence-corrected chi connectivity index (χ3v) is 5.47. The number of aliphatic imine (C=N–C) groups is 2. The molecule has 0 saturated heterocycles. The minimum Gasteiger partial charge on any atom is -0.369 e. The molecule has 2 aromatic rings. The topological polar surface area (TPSA) is 84.9 Å². The minimum atomic E-state index is -0.409. The second-order valence-corrected chi connectivity index (χ2v) is 7.29. The predicted molar refractivity (Wildman–Crippen MR) is 107 cm³/mol. The number of nitrogens with two attached hydrogens (primary N) is 2. The van der Waals surface area contributed by atoms with Crippen LogP contribution in [0.2, 0.25) is 0 Å². The predicted octanol–water partition coefficient (Wildman–Crippen LogP) is 3.20. The van der Waals surface area contributed by atoms with Crippen LogP contribution >= 0.6 is 0 Å². The van der Waals surface area contributed by atoms with Crippen molar-refractivity contribution in [2.45, 2.75) is 51.6 Å². The fourth-order valence-electron chi connectivity index (χ4n) is 4.34. The van der Waals surface area contributed by atoms with Crippen molar-refractivity contribution < 1.29 is 0 Å². The number of hydrogen-bond acceptors (Lipinski definition) is 5. The molecule has 0 amide bonds. The van der Waals surface area contributed by atoms with Gasteiger partial charge in [-0.2, -0.15) is 4.99 Å². The quantitative estimate of drug-likeness (QED) is 0.872. The maximum Gasteiger partial charge on any atom is 0.220 e. The maximum absolute atomic E-state index is 6.34. The van der Waals surface area contributed by atoms with Gasteiger partial charge in [0.1, 0.15) is 5.66 Å². The molecule has 2 heterocycles. The van der Waals surface area contributed by atoms with Crippen molar-refractivity contribution in [1.29, 1.82) is 0 Å². The number of aryl methyl sites for hydroxylation is 2. The van der Waals surface area contributed by atoms with Gasteiger partial charge in [0, 0.05) is 22.8 Å². The summed E-state index contributed by atoms with van der Waals surface area (Å²) in [5.41, 5.74) is 16.4. The summed E-state index contributed by atoms with van der Waals surface area (Å²) in [6.45, 7) is 4.23. The van der Waals surface area contributed by atoms with Gasteiger partial charge >= 0.3 is 0 Å². The van der Waals surface area contributed by atoms with E-state index in [1.807, 2.05) is 0 Å². The molecule has 1 aliphatic heterocycles. The van der Waals surface area contributed by atoms with Crippen molar-refractivity contribution >= 4 is 17.6 Å². The SMILES string of the molecule is Cc1ccc(C)n1-c1cccc(N2C(N)=NC(N)=NC23CCCCC3)c1. The van der Waals surface area contributed by atoms with E-state index in [1.165, 1.54) is 17.8 Å². The first kappa shape index (κ1) is 16.7. The molecule has 1 aromatic carbocycles. The first-order valence-electron chi connectivity index (χ1n) is 9.25. The Morgan fingerprint density at radius 1 is 0.923 bits per heavy atom. The van der Waals surface area contributed by atoms with Gasteiger partial charge in [-0.1, -0.05) is 12.5 Å². The molecule has 4 N–H and O–H groups in total. The Balaban J connectivity index is 1.81. The lowest BCUT2D eigenvalue weighted by Gasteiger charge is -2.45. The summed E-state index contributed by atoms with van der Waals surface area (Å²) in [6, 6.07) is 12.7. The molecule has 6 heteroatoms. The van der Waals surface area contributed by atoms with Gasteiger partial charge in [0.25, 0.3) is 0 Å². The van der Waals surface area contributed by atoms with Crippen LogP contribution in [0.15, 0.2) is 46.4 Å². The molecule has 0 unspecified atom stereocenters. The third-order valence-electron chi connectivity index (χ3n) is 5.47. The molecule has 0 atom stereocenters. The summed E-state index contributed by atoms with van der Waals surface area (Å²) < 4.78 is 2.24. The molecule has 0 radical (unpaired) electrons. The lowest BCUT2D eigenvalue weighted by molar-refractivity contribution is 0.305. The Morgan fingerprint density at radius 3 is 2.27 bits per heavy atom. The van der Waals surface area contributed by atoms with E-state index in [9.17, 15) is 0 Å². The molecule has 1 aromatic heterocycles. The van der Waals surface area contributed by atoms with Crippen LogP contribution in [0.5, 0.6) is 0 Å². The molecule has 26 heavy (non-hydrogen) atoms. The van der Waals surface area contributed by atoms with Crippen molar-refractivity contribution in [2.75, 3.05) is 4.90 Å². The van der Waals surface area contributed by atoms with E-state index in [2.05, 4.69) is 64.7 Å². The average Bonchev–Trinajstić information content (AvgIpc) is 2.93. The average molecular weight is 350 g/mol. The molecule has 2 aliphatic rings. The standard InChI is InChI=1S/C20H26N6/c1-14-9-10-15(2)25(14)16-7-6-8-17(13-16)26-19(22)23-18(21)24-20(26)11-4-3-5-12-20/h6-10,13H,3-5,11-12H2,1-2H3,(H4,21,22,23,24). The van der Waals surface area contributed by atoms with Crippen LogP contribution in [-0.2, 0) is 0 Å². The zero-order valence-corrected chi connectivity index (χ0v) is 15.4. The molecule has 6 nitrogen and oxygen atoms in total. The fraction of sp³-hybridized carbons (Fsp3) is 0.400. The first-order valence-corrected chi connectivity index (χ1v) is 9.25. The first-order chi connectivity index (χ1) is 12.5. The summed E-state index contributed by atoms with van der Waals surface area (Å²) >= 11 is 0. The molecule has 1 aliphatic carbocycles. The largest absolute Gasteiger partial charge is 0.369 e. The van der Waals surface area contributed by atoms with Crippen LogP contribution in [0.1, 0.15) is 43.5 Å². The number of nitrogens with zero attached hydrogens (tertiary/aromatic N) is 4. The van der Waals surface area contributed by atoms with Gasteiger partial charge in [0.05, 0.1) is 0 Å². The van der Waals surface area contributed by atoms with E-state index >= 15 is 0 Å². The van der Waals surface area contributed by atoms with Gasteiger partial charge in [0.2, 0.25) is 11.9 Å². The Bertz CT molecular complexity index is 866. The molecule has 1 fully saturated rings. The summed E-state index contributed by atoms with van der Waals surface area (Å²) in [5.74, 6) is 0.714. The zero-order chi connectivity index (χ0) is 18.3. The maximum atomic E-state index is 6.34. The second kappa shape index (κ2) is 6.20. The van der Waals surface area contributed by atoms with Gasteiger partial charge in [-0.25, -0.2) is 4.99 Å². The zero-order valence-electron chi connectivity index (χ0n) is 15.4. The minimum absolute atomic E-state index is 0.286.